The zero-order chi connectivity index (χ0) is 20.7. The van der Waals surface area contributed by atoms with E-state index in [9.17, 15) is 26.7 Å². The summed E-state index contributed by atoms with van der Waals surface area (Å²) in [6.07, 6.45) is 0. The molecule has 0 saturated carbocycles. The SMILES string of the molecule is O=C(c1cccc2ccccc12)N1CCN(c2c(F)c(F)c(F)c(F)c2F)CC1. The van der Waals surface area contributed by atoms with Crippen LogP contribution in [0.3, 0.4) is 0 Å². The van der Waals surface area contributed by atoms with Gasteiger partial charge in [0.05, 0.1) is 0 Å². The van der Waals surface area contributed by atoms with Crippen molar-refractivity contribution in [3.8, 4) is 0 Å². The third-order valence-electron chi connectivity index (χ3n) is 5.09. The highest BCUT2D eigenvalue weighted by molar-refractivity contribution is 6.07. The van der Waals surface area contributed by atoms with Crippen molar-refractivity contribution in [2.24, 2.45) is 0 Å². The number of benzene rings is 3. The lowest BCUT2D eigenvalue weighted by molar-refractivity contribution is 0.0748. The highest BCUT2D eigenvalue weighted by Gasteiger charge is 2.31. The summed E-state index contributed by atoms with van der Waals surface area (Å²) in [6.45, 7) is 0.0484. The van der Waals surface area contributed by atoms with Crippen molar-refractivity contribution in [1.82, 2.24) is 4.90 Å². The summed E-state index contributed by atoms with van der Waals surface area (Å²) < 4.78 is 68.3. The molecule has 0 aliphatic carbocycles. The predicted octanol–water partition coefficient (Wildman–Crippen LogP) is 4.50. The first-order valence-corrected chi connectivity index (χ1v) is 8.93. The Morgan fingerprint density at radius 2 is 1.24 bits per heavy atom. The highest BCUT2D eigenvalue weighted by atomic mass is 19.2. The first-order valence-electron chi connectivity index (χ1n) is 8.93. The second-order valence-electron chi connectivity index (χ2n) is 6.72. The van der Waals surface area contributed by atoms with Crippen LogP contribution < -0.4 is 4.90 Å². The van der Waals surface area contributed by atoms with Crippen LogP contribution in [0.1, 0.15) is 10.4 Å². The molecule has 0 spiro atoms. The van der Waals surface area contributed by atoms with E-state index in [1.165, 1.54) is 4.90 Å². The van der Waals surface area contributed by atoms with Crippen LogP contribution in [0.4, 0.5) is 27.6 Å². The van der Waals surface area contributed by atoms with Crippen LogP contribution in [-0.4, -0.2) is 37.0 Å². The molecule has 0 atom stereocenters. The van der Waals surface area contributed by atoms with E-state index in [4.69, 9.17) is 0 Å². The molecule has 3 nitrogen and oxygen atoms in total. The molecule has 150 valence electrons. The summed E-state index contributed by atoms with van der Waals surface area (Å²) in [5, 5.41) is 1.68. The van der Waals surface area contributed by atoms with E-state index >= 15 is 0 Å². The molecule has 3 aromatic rings. The molecule has 3 aromatic carbocycles. The number of nitrogens with zero attached hydrogens (tertiary/aromatic N) is 2. The third-order valence-corrected chi connectivity index (χ3v) is 5.09. The second-order valence-corrected chi connectivity index (χ2v) is 6.72. The summed E-state index contributed by atoms with van der Waals surface area (Å²) in [5.41, 5.74) is -0.466. The number of anilines is 1. The molecular formula is C21H15F5N2O. The highest BCUT2D eigenvalue weighted by Crippen LogP contribution is 2.31. The molecule has 8 heteroatoms. The van der Waals surface area contributed by atoms with Gasteiger partial charge in [-0.1, -0.05) is 36.4 Å². The van der Waals surface area contributed by atoms with Crippen molar-refractivity contribution in [3.05, 3.63) is 77.1 Å². The maximum atomic E-state index is 14.0. The van der Waals surface area contributed by atoms with Crippen LogP contribution in [0.15, 0.2) is 42.5 Å². The normalized spacial score (nSPS) is 14.5. The van der Waals surface area contributed by atoms with E-state index in [1.54, 1.807) is 12.1 Å². The Labute approximate surface area is 162 Å². The molecule has 0 N–H and O–H groups in total. The molecule has 0 radical (unpaired) electrons. The van der Waals surface area contributed by atoms with Gasteiger partial charge in [-0.2, -0.15) is 0 Å². The lowest BCUT2D eigenvalue weighted by Crippen LogP contribution is -2.49. The van der Waals surface area contributed by atoms with Crippen molar-refractivity contribution >= 4 is 22.4 Å². The lowest BCUT2D eigenvalue weighted by Gasteiger charge is -2.36. The number of fused-ring (bicyclic) bond motifs is 1. The number of carbonyl (C=O) groups is 1. The molecule has 1 fully saturated rings. The Kier molecular flexibility index (Phi) is 4.86. The Hall–Kier alpha value is -3.16. The van der Waals surface area contributed by atoms with Crippen molar-refractivity contribution in [3.63, 3.8) is 0 Å². The maximum absolute atomic E-state index is 14.0. The average Bonchev–Trinajstić information content (AvgIpc) is 2.76. The smallest absolute Gasteiger partial charge is 0.254 e. The van der Waals surface area contributed by atoms with Gasteiger partial charge in [0.25, 0.3) is 5.91 Å². The van der Waals surface area contributed by atoms with E-state index in [1.807, 2.05) is 30.3 Å². The minimum Gasteiger partial charge on any atom is -0.363 e. The molecule has 29 heavy (non-hydrogen) atoms. The van der Waals surface area contributed by atoms with Gasteiger partial charge in [-0.3, -0.25) is 4.79 Å². The minimum absolute atomic E-state index is 0.0607. The van der Waals surface area contributed by atoms with Gasteiger partial charge in [-0.25, -0.2) is 22.0 Å². The fraction of sp³-hybridized carbons (Fsp3) is 0.190. The van der Waals surface area contributed by atoms with Crippen LogP contribution in [-0.2, 0) is 0 Å². The van der Waals surface area contributed by atoms with Crippen molar-refractivity contribution in [1.29, 1.82) is 0 Å². The van der Waals surface area contributed by atoms with Gasteiger partial charge in [0, 0.05) is 31.7 Å². The van der Waals surface area contributed by atoms with Gasteiger partial charge in [-0.05, 0) is 16.8 Å². The Morgan fingerprint density at radius 3 is 1.90 bits per heavy atom. The van der Waals surface area contributed by atoms with Crippen LogP contribution in [0.2, 0.25) is 0 Å². The molecule has 1 aliphatic heterocycles. The van der Waals surface area contributed by atoms with Gasteiger partial charge in [0.1, 0.15) is 5.69 Å². The first kappa shape index (κ1) is 19.2. The predicted molar refractivity (Wildman–Crippen MR) is 98.3 cm³/mol. The van der Waals surface area contributed by atoms with Crippen LogP contribution in [0.5, 0.6) is 0 Å². The van der Waals surface area contributed by atoms with E-state index < -0.39 is 34.8 Å². The molecular weight excluding hydrogens is 391 g/mol. The first-order chi connectivity index (χ1) is 13.9. The zero-order valence-electron chi connectivity index (χ0n) is 15.1. The zero-order valence-corrected chi connectivity index (χ0v) is 15.1. The van der Waals surface area contributed by atoms with Crippen LogP contribution >= 0.6 is 0 Å². The van der Waals surface area contributed by atoms with Crippen molar-refractivity contribution in [2.75, 3.05) is 31.1 Å². The largest absolute Gasteiger partial charge is 0.363 e. The molecule has 0 unspecified atom stereocenters. The van der Waals surface area contributed by atoms with Crippen molar-refractivity contribution < 1.29 is 26.7 Å². The monoisotopic (exact) mass is 406 g/mol. The molecule has 0 aromatic heterocycles. The number of carbonyl (C=O) groups excluding carboxylic acids is 1. The average molecular weight is 406 g/mol. The number of hydrogen-bond donors (Lipinski definition) is 0. The minimum atomic E-state index is -2.19. The summed E-state index contributed by atoms with van der Waals surface area (Å²) >= 11 is 0. The molecule has 4 rings (SSSR count). The van der Waals surface area contributed by atoms with E-state index in [0.29, 0.717) is 5.56 Å². The number of piperazine rings is 1. The molecule has 1 amide bonds. The fourth-order valence-electron chi connectivity index (χ4n) is 3.59. The second kappa shape index (κ2) is 7.35. The van der Waals surface area contributed by atoms with Gasteiger partial charge in [0.15, 0.2) is 23.3 Å². The molecule has 0 bridgehead atoms. The standard InChI is InChI=1S/C21H15F5N2O/c22-15-16(23)18(25)20(19(26)17(15)24)27-8-10-28(11-9-27)21(29)14-7-3-5-12-4-1-2-6-13(12)14/h1-7H,8-11H2. The topological polar surface area (TPSA) is 23.6 Å². The number of hydrogen-bond acceptors (Lipinski definition) is 2. The number of rotatable bonds is 2. The summed E-state index contributed by atoms with van der Waals surface area (Å²) in [6, 6.07) is 12.7. The third kappa shape index (κ3) is 3.18. The van der Waals surface area contributed by atoms with E-state index in [-0.39, 0.29) is 32.1 Å². The van der Waals surface area contributed by atoms with E-state index in [0.717, 1.165) is 15.7 Å². The van der Waals surface area contributed by atoms with Gasteiger partial charge in [-0.15, -0.1) is 0 Å². The Bertz CT molecular complexity index is 1080. The lowest BCUT2D eigenvalue weighted by atomic mass is 10.0. The fourth-order valence-corrected chi connectivity index (χ4v) is 3.59. The molecule has 1 saturated heterocycles. The van der Waals surface area contributed by atoms with E-state index in [2.05, 4.69) is 0 Å². The van der Waals surface area contributed by atoms with Crippen LogP contribution in [0, 0.1) is 29.1 Å². The Balaban J connectivity index is 1.57. The number of halogens is 5. The van der Waals surface area contributed by atoms with Gasteiger partial charge in [0.2, 0.25) is 5.82 Å². The maximum Gasteiger partial charge on any atom is 0.254 e. The summed E-state index contributed by atoms with van der Waals surface area (Å²) in [5.74, 6) is -10.1. The number of amides is 1. The summed E-state index contributed by atoms with van der Waals surface area (Å²) in [4.78, 5) is 15.5. The van der Waals surface area contributed by atoms with Gasteiger partial charge < -0.3 is 9.80 Å². The molecule has 1 aliphatic rings. The summed E-state index contributed by atoms with van der Waals surface area (Å²) in [7, 11) is 0. The quantitative estimate of drug-likeness (QED) is 0.356. The Morgan fingerprint density at radius 1 is 0.690 bits per heavy atom. The van der Waals surface area contributed by atoms with Crippen molar-refractivity contribution in [2.45, 2.75) is 0 Å². The van der Waals surface area contributed by atoms with Crippen LogP contribution in [0.25, 0.3) is 10.8 Å². The molecule has 1 heterocycles. The van der Waals surface area contributed by atoms with Gasteiger partial charge >= 0.3 is 0 Å².